The molecule has 2 aromatic carbocycles. The largest absolute Gasteiger partial charge is 0.481 e. The van der Waals surface area contributed by atoms with Gasteiger partial charge in [-0.2, -0.15) is 0 Å². The van der Waals surface area contributed by atoms with Crippen LogP contribution in [0.15, 0.2) is 60.7 Å². The number of nitrogens with two attached hydrogens (primary N) is 1. The quantitative estimate of drug-likeness (QED) is 0.411. The molecule has 9 heteroatoms. The van der Waals surface area contributed by atoms with Crippen LogP contribution in [0.3, 0.4) is 0 Å². The lowest BCUT2D eigenvalue weighted by Gasteiger charge is -2.32. The van der Waals surface area contributed by atoms with Gasteiger partial charge in [0.05, 0.1) is 12.5 Å². The highest BCUT2D eigenvalue weighted by Crippen LogP contribution is 2.31. The van der Waals surface area contributed by atoms with Crippen molar-refractivity contribution >= 4 is 29.3 Å². The Hall–Kier alpha value is -3.98. The van der Waals surface area contributed by atoms with Crippen molar-refractivity contribution < 1.29 is 24.3 Å². The van der Waals surface area contributed by atoms with Gasteiger partial charge in [-0.05, 0) is 67.2 Å². The van der Waals surface area contributed by atoms with Crippen LogP contribution < -0.4 is 11.1 Å². The number of nitrogens with one attached hydrogen (secondary N) is 1. The number of allylic oxidation sites excluding steroid dienone is 1. The molecule has 4 atom stereocenters. The summed E-state index contributed by atoms with van der Waals surface area (Å²) in [4.78, 5) is 55.3. The number of nitrogens with zero attached hydrogens (tertiary/aromatic N) is 2. The first kappa shape index (κ1) is 28.5. The number of hydrogen-bond acceptors (Lipinski definition) is 5. The van der Waals surface area contributed by atoms with E-state index in [1.807, 2.05) is 48.5 Å². The summed E-state index contributed by atoms with van der Waals surface area (Å²) in [6.45, 7) is 0.883. The minimum Gasteiger partial charge on any atom is -0.481 e. The van der Waals surface area contributed by atoms with E-state index >= 15 is 0 Å². The molecule has 5 rings (SSSR count). The van der Waals surface area contributed by atoms with Crippen LogP contribution >= 0.6 is 0 Å². The summed E-state index contributed by atoms with van der Waals surface area (Å²) in [7, 11) is 0. The predicted molar refractivity (Wildman–Crippen MR) is 155 cm³/mol. The molecule has 0 aromatic heterocycles. The molecule has 1 aliphatic carbocycles. The van der Waals surface area contributed by atoms with Crippen molar-refractivity contribution in [2.75, 3.05) is 13.1 Å². The van der Waals surface area contributed by atoms with Crippen molar-refractivity contribution in [1.29, 1.82) is 0 Å². The molecule has 4 N–H and O–H groups in total. The summed E-state index contributed by atoms with van der Waals surface area (Å²) in [6.07, 6.45) is 5.91. The second-order valence-electron chi connectivity index (χ2n) is 11.3. The topological polar surface area (TPSA) is 133 Å². The monoisotopic (exact) mass is 558 g/mol. The molecule has 3 amide bonds. The number of carbonyl (C=O) groups is 4. The number of fused-ring (bicyclic) bond motifs is 1. The zero-order valence-electron chi connectivity index (χ0n) is 23.2. The molecular weight excluding hydrogens is 520 g/mol. The fourth-order valence-corrected chi connectivity index (χ4v) is 6.45. The Morgan fingerprint density at radius 2 is 1.59 bits per heavy atom. The molecular formula is C32H38N4O5. The number of carboxylic acids is 1. The van der Waals surface area contributed by atoms with Gasteiger partial charge in [-0.15, -0.1) is 0 Å². The van der Waals surface area contributed by atoms with Crippen LogP contribution in [-0.2, 0) is 32.0 Å². The lowest BCUT2D eigenvalue weighted by molar-refractivity contribution is -0.147. The summed E-state index contributed by atoms with van der Waals surface area (Å²) in [5, 5.41) is 12.3. The van der Waals surface area contributed by atoms with Crippen LogP contribution in [0.2, 0.25) is 0 Å². The van der Waals surface area contributed by atoms with E-state index < -0.39 is 30.1 Å². The third-order valence-electron chi connectivity index (χ3n) is 8.44. The molecule has 0 spiro atoms. The average molecular weight is 559 g/mol. The molecule has 0 saturated carbocycles. The fourth-order valence-electron chi connectivity index (χ4n) is 6.45. The highest BCUT2D eigenvalue weighted by atomic mass is 16.4. The standard InChI is InChI=1S/C32H38N4O5/c33-26(19-23-15-14-22-10-4-5-11-25(22)23)31(40)36-17-7-13-28(36)32(41)35-16-6-12-27(35)30(39)34-24(20-29(37)38)18-21-8-2-1-3-9-21/h1-5,8-11,15,24,26-28H,6-7,12-14,16-20,33H2,(H,34,39)(H,37,38). The van der Waals surface area contributed by atoms with Crippen LogP contribution in [0, 0.1) is 0 Å². The number of benzene rings is 2. The van der Waals surface area contributed by atoms with E-state index in [9.17, 15) is 24.3 Å². The highest BCUT2D eigenvalue weighted by Gasteiger charge is 2.43. The molecule has 9 nitrogen and oxygen atoms in total. The number of aliphatic carboxylic acids is 1. The normalized spacial score (nSPS) is 21.2. The average Bonchev–Trinajstić information content (AvgIpc) is 3.73. The van der Waals surface area contributed by atoms with Crippen LogP contribution in [0.5, 0.6) is 0 Å². The zero-order chi connectivity index (χ0) is 28.9. The van der Waals surface area contributed by atoms with Gasteiger partial charge in [-0.3, -0.25) is 19.2 Å². The second-order valence-corrected chi connectivity index (χ2v) is 11.3. The molecule has 0 radical (unpaired) electrons. The minimum absolute atomic E-state index is 0.217. The summed E-state index contributed by atoms with van der Waals surface area (Å²) in [5.74, 6) is -1.82. The van der Waals surface area contributed by atoms with E-state index in [1.54, 1.807) is 9.80 Å². The zero-order valence-corrected chi connectivity index (χ0v) is 23.2. The maximum atomic E-state index is 13.8. The van der Waals surface area contributed by atoms with Crippen molar-refractivity contribution in [3.63, 3.8) is 0 Å². The van der Waals surface area contributed by atoms with Gasteiger partial charge in [0.15, 0.2) is 0 Å². The Kier molecular flexibility index (Phi) is 8.83. The molecule has 3 aliphatic rings. The van der Waals surface area contributed by atoms with E-state index in [4.69, 9.17) is 5.73 Å². The minimum atomic E-state index is -1.00. The van der Waals surface area contributed by atoms with Crippen molar-refractivity contribution in [1.82, 2.24) is 15.1 Å². The number of rotatable bonds is 10. The van der Waals surface area contributed by atoms with Gasteiger partial charge >= 0.3 is 5.97 Å². The summed E-state index contributed by atoms with van der Waals surface area (Å²) >= 11 is 0. The fraction of sp³-hybridized carbons (Fsp3) is 0.438. The summed E-state index contributed by atoms with van der Waals surface area (Å²) < 4.78 is 0. The van der Waals surface area contributed by atoms with Crippen molar-refractivity contribution in [3.05, 3.63) is 77.4 Å². The Morgan fingerprint density at radius 3 is 2.34 bits per heavy atom. The van der Waals surface area contributed by atoms with Gasteiger partial charge < -0.3 is 26.0 Å². The second kappa shape index (κ2) is 12.7. The first-order valence-corrected chi connectivity index (χ1v) is 14.5. The Labute approximate surface area is 240 Å². The molecule has 2 aromatic rings. The number of carbonyl (C=O) groups excluding carboxylic acids is 3. The van der Waals surface area contributed by atoms with Crippen LogP contribution in [0.1, 0.15) is 55.2 Å². The van der Waals surface area contributed by atoms with Crippen molar-refractivity contribution in [2.24, 2.45) is 5.73 Å². The van der Waals surface area contributed by atoms with E-state index in [-0.39, 0.29) is 24.1 Å². The van der Waals surface area contributed by atoms with Gasteiger partial charge in [0.1, 0.15) is 12.1 Å². The first-order valence-electron chi connectivity index (χ1n) is 14.5. The molecule has 41 heavy (non-hydrogen) atoms. The Bertz CT molecular complexity index is 1330. The first-order chi connectivity index (χ1) is 19.8. The lowest BCUT2D eigenvalue weighted by Crippen LogP contribution is -2.56. The van der Waals surface area contributed by atoms with E-state index in [0.717, 1.165) is 23.1 Å². The number of likely N-dealkylation sites (tertiary alicyclic amines) is 2. The van der Waals surface area contributed by atoms with Crippen LogP contribution in [-0.4, -0.2) is 75.9 Å². The van der Waals surface area contributed by atoms with Gasteiger partial charge in [0.2, 0.25) is 17.7 Å². The molecule has 216 valence electrons. The van der Waals surface area contributed by atoms with Gasteiger partial charge in [0, 0.05) is 19.1 Å². The maximum Gasteiger partial charge on any atom is 0.305 e. The lowest BCUT2D eigenvalue weighted by atomic mass is 9.99. The number of hydrogen-bond donors (Lipinski definition) is 3. The van der Waals surface area contributed by atoms with E-state index in [0.29, 0.717) is 51.6 Å². The molecule has 2 aliphatic heterocycles. The molecule has 2 saturated heterocycles. The van der Waals surface area contributed by atoms with E-state index in [2.05, 4.69) is 17.5 Å². The Morgan fingerprint density at radius 1 is 0.902 bits per heavy atom. The van der Waals surface area contributed by atoms with Crippen LogP contribution in [0.4, 0.5) is 0 Å². The van der Waals surface area contributed by atoms with Gasteiger partial charge in [0.25, 0.3) is 0 Å². The molecule has 4 unspecified atom stereocenters. The molecule has 2 fully saturated rings. The molecule has 2 heterocycles. The smallest absolute Gasteiger partial charge is 0.305 e. The molecule has 0 bridgehead atoms. The Balaban J connectivity index is 1.22. The predicted octanol–water partition coefficient (Wildman–Crippen LogP) is 2.53. The third-order valence-corrected chi connectivity index (χ3v) is 8.44. The van der Waals surface area contributed by atoms with Crippen LogP contribution in [0.25, 0.3) is 5.57 Å². The van der Waals surface area contributed by atoms with Gasteiger partial charge in [-0.25, -0.2) is 0 Å². The summed E-state index contributed by atoms with van der Waals surface area (Å²) in [5.41, 5.74) is 10.8. The number of amides is 3. The SMILES string of the molecule is NC(CC1=CCc2ccccc21)C(=O)N1CCCC1C(=O)N1CCCC1C(=O)NC(CC(=O)O)Cc1ccccc1. The van der Waals surface area contributed by atoms with Crippen molar-refractivity contribution in [2.45, 2.75) is 75.5 Å². The van der Waals surface area contributed by atoms with Gasteiger partial charge in [-0.1, -0.05) is 60.7 Å². The maximum absolute atomic E-state index is 13.8. The number of carboxylic acid groups (broad SMARTS) is 1. The highest BCUT2D eigenvalue weighted by molar-refractivity contribution is 5.94. The van der Waals surface area contributed by atoms with Crippen molar-refractivity contribution in [3.8, 4) is 0 Å². The third kappa shape index (κ3) is 6.51. The van der Waals surface area contributed by atoms with E-state index in [1.165, 1.54) is 5.56 Å². The summed E-state index contributed by atoms with van der Waals surface area (Å²) in [6, 6.07) is 14.8.